The van der Waals surface area contributed by atoms with Crippen LogP contribution in [0, 0.1) is 12.8 Å². The van der Waals surface area contributed by atoms with E-state index in [1.807, 2.05) is 0 Å². The van der Waals surface area contributed by atoms with Gasteiger partial charge in [0.2, 0.25) is 0 Å². The third-order valence-corrected chi connectivity index (χ3v) is 3.03. The lowest BCUT2D eigenvalue weighted by Crippen LogP contribution is -2.15. The number of aromatic nitrogens is 5. The number of aliphatic carboxylic acids is 1. The molecule has 0 saturated heterocycles. The Hall–Kier alpha value is -2.51. The highest BCUT2D eigenvalue weighted by molar-refractivity contribution is 5.69. The number of nitrogens with one attached hydrogen (secondary N) is 1. The van der Waals surface area contributed by atoms with Gasteiger partial charge in [-0.05, 0) is 23.8 Å². The molecule has 106 valence electrons. The largest absolute Gasteiger partial charge is 0.481 e. The second-order valence-corrected chi connectivity index (χ2v) is 4.65. The number of rotatable bonds is 5. The lowest BCUT2D eigenvalue weighted by molar-refractivity contribution is -0.141. The molecule has 2 heterocycles. The lowest BCUT2D eigenvalue weighted by Gasteiger charge is -2.07. The molecule has 1 atom stereocenters. The van der Waals surface area contributed by atoms with Crippen LogP contribution in [-0.4, -0.2) is 36.3 Å². The Balaban J connectivity index is 2.24. The maximum absolute atomic E-state index is 11.9. The molecule has 0 fully saturated rings. The average molecular weight is 277 g/mol. The Morgan fingerprint density at radius 2 is 2.30 bits per heavy atom. The van der Waals surface area contributed by atoms with E-state index < -0.39 is 11.9 Å². The van der Waals surface area contributed by atoms with E-state index in [-0.39, 0.29) is 5.43 Å². The standard InChI is InChI=1S/C12H15N5O3/c1-7(12(19)20)3-4-17-11(14-15-16-17)9-6-13-8(2)5-10(9)18/h5-7H,3-4H2,1-2H3,(H,13,18)(H,19,20). The Morgan fingerprint density at radius 3 is 2.95 bits per heavy atom. The number of carboxylic acids is 1. The topological polar surface area (TPSA) is 114 Å². The molecule has 0 radical (unpaired) electrons. The van der Waals surface area contributed by atoms with E-state index in [1.165, 1.54) is 10.7 Å². The normalized spacial score (nSPS) is 12.3. The number of nitrogens with zero attached hydrogens (tertiary/aromatic N) is 4. The summed E-state index contributed by atoms with van der Waals surface area (Å²) in [5, 5.41) is 20.0. The Morgan fingerprint density at radius 1 is 1.55 bits per heavy atom. The summed E-state index contributed by atoms with van der Waals surface area (Å²) in [5.74, 6) is -1.03. The molecule has 20 heavy (non-hydrogen) atoms. The zero-order valence-electron chi connectivity index (χ0n) is 11.2. The van der Waals surface area contributed by atoms with Crippen LogP contribution in [0.15, 0.2) is 17.1 Å². The molecular formula is C12H15N5O3. The van der Waals surface area contributed by atoms with Crippen molar-refractivity contribution in [1.82, 2.24) is 25.2 Å². The van der Waals surface area contributed by atoms with E-state index in [0.717, 1.165) is 5.69 Å². The van der Waals surface area contributed by atoms with Gasteiger partial charge in [-0.1, -0.05) is 6.92 Å². The highest BCUT2D eigenvalue weighted by Gasteiger charge is 2.15. The molecular weight excluding hydrogens is 262 g/mol. The second kappa shape index (κ2) is 5.64. The fraction of sp³-hybridized carbons (Fsp3) is 0.417. The molecule has 8 heteroatoms. The second-order valence-electron chi connectivity index (χ2n) is 4.65. The van der Waals surface area contributed by atoms with Gasteiger partial charge in [-0.25, -0.2) is 4.68 Å². The molecule has 1 unspecified atom stereocenters. The minimum Gasteiger partial charge on any atom is -0.481 e. The third kappa shape index (κ3) is 2.90. The van der Waals surface area contributed by atoms with Crippen molar-refractivity contribution >= 4 is 5.97 Å². The van der Waals surface area contributed by atoms with Gasteiger partial charge in [0, 0.05) is 24.5 Å². The number of aromatic amines is 1. The third-order valence-electron chi connectivity index (χ3n) is 3.03. The van der Waals surface area contributed by atoms with Crippen LogP contribution in [-0.2, 0) is 11.3 Å². The maximum Gasteiger partial charge on any atom is 0.306 e. The fourth-order valence-corrected chi connectivity index (χ4v) is 1.74. The van der Waals surface area contributed by atoms with E-state index in [2.05, 4.69) is 20.5 Å². The Labute approximate surface area is 114 Å². The van der Waals surface area contributed by atoms with Crippen molar-refractivity contribution in [3.05, 3.63) is 28.2 Å². The first-order chi connectivity index (χ1) is 9.49. The van der Waals surface area contributed by atoms with Gasteiger partial charge in [0.15, 0.2) is 11.3 Å². The number of aryl methyl sites for hydroxylation is 2. The van der Waals surface area contributed by atoms with Crippen LogP contribution in [0.2, 0.25) is 0 Å². The van der Waals surface area contributed by atoms with Gasteiger partial charge < -0.3 is 10.1 Å². The van der Waals surface area contributed by atoms with E-state index >= 15 is 0 Å². The number of tetrazole rings is 1. The van der Waals surface area contributed by atoms with Crippen molar-refractivity contribution in [3.8, 4) is 11.4 Å². The number of hydrogen-bond acceptors (Lipinski definition) is 5. The van der Waals surface area contributed by atoms with Crippen LogP contribution >= 0.6 is 0 Å². The Bertz CT molecular complexity index is 676. The SMILES string of the molecule is Cc1cc(=O)c(-c2nnnn2CCC(C)C(=O)O)c[nH]1. The summed E-state index contributed by atoms with van der Waals surface area (Å²) in [6.45, 7) is 3.73. The van der Waals surface area contributed by atoms with Crippen LogP contribution in [0.1, 0.15) is 19.0 Å². The molecule has 0 saturated carbocycles. The lowest BCUT2D eigenvalue weighted by atomic mass is 10.1. The summed E-state index contributed by atoms with van der Waals surface area (Å²) in [6, 6.07) is 1.47. The van der Waals surface area contributed by atoms with Gasteiger partial charge in [-0.15, -0.1) is 5.10 Å². The van der Waals surface area contributed by atoms with Crippen molar-refractivity contribution in [3.63, 3.8) is 0 Å². The summed E-state index contributed by atoms with van der Waals surface area (Å²) in [5.41, 5.74) is 0.935. The molecule has 2 aromatic rings. The average Bonchev–Trinajstić information content (AvgIpc) is 2.84. The fourth-order valence-electron chi connectivity index (χ4n) is 1.74. The van der Waals surface area contributed by atoms with Crippen LogP contribution in [0.4, 0.5) is 0 Å². The van der Waals surface area contributed by atoms with Crippen molar-refractivity contribution < 1.29 is 9.90 Å². The first-order valence-electron chi connectivity index (χ1n) is 6.17. The quantitative estimate of drug-likeness (QED) is 0.820. The van der Waals surface area contributed by atoms with Gasteiger partial charge in [-0.2, -0.15) is 0 Å². The van der Waals surface area contributed by atoms with Gasteiger partial charge in [0.1, 0.15) is 0 Å². The van der Waals surface area contributed by atoms with Crippen LogP contribution in [0.3, 0.4) is 0 Å². The molecule has 0 aliphatic heterocycles. The minimum absolute atomic E-state index is 0.177. The molecule has 2 N–H and O–H groups in total. The van der Waals surface area contributed by atoms with E-state index in [4.69, 9.17) is 5.11 Å². The first-order valence-corrected chi connectivity index (χ1v) is 6.17. The predicted molar refractivity (Wildman–Crippen MR) is 70.0 cm³/mol. The highest BCUT2D eigenvalue weighted by atomic mass is 16.4. The summed E-state index contributed by atoms with van der Waals surface area (Å²) in [4.78, 5) is 25.6. The van der Waals surface area contributed by atoms with Gasteiger partial charge >= 0.3 is 5.97 Å². The molecule has 0 aliphatic rings. The molecule has 0 aromatic carbocycles. The number of carbonyl (C=O) groups is 1. The summed E-state index contributed by atoms with van der Waals surface area (Å²) in [6.07, 6.45) is 1.94. The zero-order chi connectivity index (χ0) is 14.7. The smallest absolute Gasteiger partial charge is 0.306 e. The van der Waals surface area contributed by atoms with Crippen molar-refractivity contribution in [2.24, 2.45) is 5.92 Å². The number of pyridine rings is 1. The molecule has 2 rings (SSSR count). The van der Waals surface area contributed by atoms with Crippen molar-refractivity contribution in [2.75, 3.05) is 0 Å². The first kappa shape index (κ1) is 13.9. The Kier molecular flexibility index (Phi) is 3.92. The molecule has 2 aromatic heterocycles. The zero-order valence-corrected chi connectivity index (χ0v) is 11.2. The molecule has 0 bridgehead atoms. The van der Waals surface area contributed by atoms with Gasteiger partial charge in [-0.3, -0.25) is 9.59 Å². The summed E-state index contributed by atoms with van der Waals surface area (Å²) < 4.78 is 1.44. The van der Waals surface area contributed by atoms with E-state index in [1.54, 1.807) is 20.0 Å². The highest BCUT2D eigenvalue weighted by Crippen LogP contribution is 2.12. The van der Waals surface area contributed by atoms with Gasteiger partial charge in [0.25, 0.3) is 0 Å². The van der Waals surface area contributed by atoms with E-state index in [0.29, 0.717) is 24.4 Å². The van der Waals surface area contributed by atoms with E-state index in [9.17, 15) is 9.59 Å². The van der Waals surface area contributed by atoms with Crippen LogP contribution < -0.4 is 5.43 Å². The molecule has 0 amide bonds. The number of H-pyrrole nitrogens is 1. The summed E-state index contributed by atoms with van der Waals surface area (Å²) in [7, 11) is 0. The predicted octanol–water partition coefficient (Wildman–Crippen LogP) is 0.448. The molecule has 8 nitrogen and oxygen atoms in total. The number of hydrogen-bond donors (Lipinski definition) is 2. The monoisotopic (exact) mass is 277 g/mol. The minimum atomic E-state index is -0.868. The van der Waals surface area contributed by atoms with Gasteiger partial charge in [0.05, 0.1) is 11.5 Å². The van der Waals surface area contributed by atoms with Crippen LogP contribution in [0.5, 0.6) is 0 Å². The molecule has 0 aliphatic carbocycles. The van der Waals surface area contributed by atoms with Crippen molar-refractivity contribution in [1.29, 1.82) is 0 Å². The van der Waals surface area contributed by atoms with Crippen LogP contribution in [0.25, 0.3) is 11.4 Å². The number of carboxylic acid groups (broad SMARTS) is 1. The molecule has 0 spiro atoms. The maximum atomic E-state index is 11.9. The van der Waals surface area contributed by atoms with Crippen molar-refractivity contribution in [2.45, 2.75) is 26.8 Å². The summed E-state index contributed by atoms with van der Waals surface area (Å²) >= 11 is 0.